The first-order chi connectivity index (χ1) is 9.97. The third kappa shape index (κ3) is 4.56. The summed E-state index contributed by atoms with van der Waals surface area (Å²) in [5.41, 5.74) is 9.59. The molecular weight excluding hydrogens is 392 g/mol. The number of nitrogens with two attached hydrogens (primary N) is 1. The van der Waals surface area contributed by atoms with Gasteiger partial charge in [0, 0.05) is 34.3 Å². The highest BCUT2D eigenvalue weighted by atomic mass is 79.9. The molecule has 1 unspecified atom stereocenters. The van der Waals surface area contributed by atoms with Crippen LogP contribution < -0.4 is 10.6 Å². The molecule has 0 saturated carbocycles. The highest BCUT2D eigenvalue weighted by Crippen LogP contribution is 2.26. The summed E-state index contributed by atoms with van der Waals surface area (Å²) in [6.07, 6.45) is 0.884. The van der Waals surface area contributed by atoms with Crippen LogP contribution in [0.3, 0.4) is 0 Å². The van der Waals surface area contributed by atoms with Crippen molar-refractivity contribution in [1.29, 1.82) is 0 Å². The van der Waals surface area contributed by atoms with Gasteiger partial charge in [-0.25, -0.2) is 0 Å². The third-order valence-corrected chi connectivity index (χ3v) is 4.90. The molecule has 2 rings (SSSR count). The fourth-order valence-electron chi connectivity index (χ4n) is 2.26. The number of nitrogens with zero attached hydrogens (tertiary/aromatic N) is 1. The molecule has 1 atom stereocenters. The Labute approximate surface area is 143 Å². The number of rotatable bonds is 5. The van der Waals surface area contributed by atoms with E-state index in [9.17, 15) is 0 Å². The molecule has 112 valence electrons. The minimum atomic E-state index is 0.171. The van der Waals surface area contributed by atoms with Gasteiger partial charge < -0.3 is 10.6 Å². The molecule has 2 aromatic carbocycles. The third-order valence-electron chi connectivity index (χ3n) is 3.38. The first kappa shape index (κ1) is 16.5. The fourth-order valence-corrected chi connectivity index (χ4v) is 3.20. The minimum absolute atomic E-state index is 0.171. The summed E-state index contributed by atoms with van der Waals surface area (Å²) in [5, 5.41) is 0. The van der Waals surface area contributed by atoms with Crippen LogP contribution in [0.25, 0.3) is 0 Å². The number of halogens is 2. The lowest BCUT2D eigenvalue weighted by Gasteiger charge is -2.21. The van der Waals surface area contributed by atoms with Crippen LogP contribution in [0.5, 0.6) is 0 Å². The van der Waals surface area contributed by atoms with Gasteiger partial charge in [0.05, 0.1) is 0 Å². The van der Waals surface area contributed by atoms with Crippen molar-refractivity contribution in [3.63, 3.8) is 0 Å². The number of benzene rings is 2. The van der Waals surface area contributed by atoms with E-state index in [1.54, 1.807) is 0 Å². The predicted octanol–water partition coefficient (Wildman–Crippen LogP) is 4.74. The molecule has 0 aliphatic carbocycles. The Hall–Kier alpha value is -0.840. The maximum absolute atomic E-state index is 5.87. The van der Waals surface area contributed by atoms with Gasteiger partial charge in [0.2, 0.25) is 0 Å². The normalized spacial score (nSPS) is 12.2. The first-order valence-corrected chi connectivity index (χ1v) is 8.54. The van der Waals surface area contributed by atoms with Gasteiger partial charge >= 0.3 is 0 Å². The molecule has 0 saturated heterocycles. The maximum Gasteiger partial charge on any atom is 0.0437 e. The van der Waals surface area contributed by atoms with E-state index in [4.69, 9.17) is 5.73 Å². The summed E-state index contributed by atoms with van der Waals surface area (Å²) in [6.45, 7) is 2.89. The molecule has 2 N–H and O–H groups in total. The van der Waals surface area contributed by atoms with Crippen molar-refractivity contribution in [3.8, 4) is 0 Å². The molecule has 0 bridgehead atoms. The standard InChI is InChI=1S/C17H20Br2N2/c1-12(20)9-13-7-8-15(10-17(13)19)21(2)11-14-5-3-4-6-16(14)18/h3-8,10,12H,9,11,20H2,1-2H3. The Kier molecular flexibility index (Phi) is 5.85. The van der Waals surface area contributed by atoms with E-state index in [1.165, 1.54) is 16.8 Å². The summed E-state index contributed by atoms with van der Waals surface area (Å²) in [5.74, 6) is 0. The van der Waals surface area contributed by atoms with Crippen LogP contribution >= 0.6 is 31.9 Å². The molecule has 0 aliphatic heterocycles. The number of hydrogen-bond donors (Lipinski definition) is 1. The molecule has 0 radical (unpaired) electrons. The van der Waals surface area contributed by atoms with Crippen LogP contribution in [0, 0.1) is 0 Å². The van der Waals surface area contributed by atoms with Crippen LogP contribution in [-0.2, 0) is 13.0 Å². The SMILES string of the molecule is CC(N)Cc1ccc(N(C)Cc2ccccc2Br)cc1Br. The zero-order chi connectivity index (χ0) is 15.4. The molecule has 2 nitrogen and oxygen atoms in total. The average molecular weight is 412 g/mol. The number of hydrogen-bond acceptors (Lipinski definition) is 2. The van der Waals surface area contributed by atoms with Gasteiger partial charge in [-0.15, -0.1) is 0 Å². The van der Waals surface area contributed by atoms with Gasteiger partial charge in [0.15, 0.2) is 0 Å². The second kappa shape index (κ2) is 7.43. The van der Waals surface area contributed by atoms with Gasteiger partial charge in [-0.1, -0.05) is 56.1 Å². The molecule has 0 heterocycles. The highest BCUT2D eigenvalue weighted by molar-refractivity contribution is 9.10. The van der Waals surface area contributed by atoms with Crippen molar-refractivity contribution in [2.75, 3.05) is 11.9 Å². The van der Waals surface area contributed by atoms with Crippen molar-refractivity contribution in [1.82, 2.24) is 0 Å². The van der Waals surface area contributed by atoms with Gasteiger partial charge in [0.25, 0.3) is 0 Å². The minimum Gasteiger partial charge on any atom is -0.370 e. The monoisotopic (exact) mass is 410 g/mol. The van der Waals surface area contributed by atoms with Crippen molar-refractivity contribution in [2.24, 2.45) is 5.73 Å². The van der Waals surface area contributed by atoms with Crippen LogP contribution in [-0.4, -0.2) is 13.1 Å². The molecule has 0 amide bonds. The van der Waals surface area contributed by atoms with Gasteiger partial charge in [-0.3, -0.25) is 0 Å². The van der Waals surface area contributed by atoms with Gasteiger partial charge in [-0.2, -0.15) is 0 Å². The smallest absolute Gasteiger partial charge is 0.0437 e. The van der Waals surface area contributed by atoms with Crippen molar-refractivity contribution >= 4 is 37.5 Å². The highest BCUT2D eigenvalue weighted by Gasteiger charge is 2.08. The molecule has 2 aromatic rings. The predicted molar refractivity (Wildman–Crippen MR) is 97.7 cm³/mol. The Balaban J connectivity index is 2.14. The molecule has 21 heavy (non-hydrogen) atoms. The van der Waals surface area contributed by atoms with Gasteiger partial charge in [-0.05, 0) is 42.7 Å². The van der Waals surface area contributed by atoms with E-state index in [0.717, 1.165) is 21.9 Å². The molecule has 0 fully saturated rings. The largest absolute Gasteiger partial charge is 0.370 e. The summed E-state index contributed by atoms with van der Waals surface area (Å²) in [6, 6.07) is 14.9. The second-order valence-corrected chi connectivity index (χ2v) is 7.11. The van der Waals surface area contributed by atoms with E-state index in [0.29, 0.717) is 0 Å². The molecule has 0 aromatic heterocycles. The quantitative estimate of drug-likeness (QED) is 0.769. The lowest BCUT2D eigenvalue weighted by molar-refractivity contribution is 0.736. The number of anilines is 1. The summed E-state index contributed by atoms with van der Waals surface area (Å²) in [4.78, 5) is 2.24. The lowest BCUT2D eigenvalue weighted by atomic mass is 10.1. The van der Waals surface area contributed by atoms with E-state index < -0.39 is 0 Å². The molecule has 0 aliphatic rings. The molecule has 4 heteroatoms. The molecule has 0 spiro atoms. The zero-order valence-corrected chi connectivity index (χ0v) is 15.5. The van der Waals surface area contributed by atoms with Crippen LogP contribution in [0.1, 0.15) is 18.1 Å². The van der Waals surface area contributed by atoms with E-state index in [1.807, 2.05) is 13.0 Å². The topological polar surface area (TPSA) is 29.3 Å². The van der Waals surface area contributed by atoms with E-state index in [-0.39, 0.29) is 6.04 Å². The summed E-state index contributed by atoms with van der Waals surface area (Å²) in [7, 11) is 2.10. The second-order valence-electron chi connectivity index (χ2n) is 5.40. The Morgan fingerprint density at radius 2 is 1.76 bits per heavy atom. The van der Waals surface area contributed by atoms with Crippen molar-refractivity contribution in [3.05, 3.63) is 62.5 Å². The Bertz CT molecular complexity index is 611. The average Bonchev–Trinajstić information content (AvgIpc) is 2.43. The zero-order valence-electron chi connectivity index (χ0n) is 12.3. The van der Waals surface area contributed by atoms with Crippen LogP contribution in [0.4, 0.5) is 5.69 Å². The molecular formula is C17H20Br2N2. The maximum atomic E-state index is 5.87. The van der Waals surface area contributed by atoms with Crippen LogP contribution in [0.2, 0.25) is 0 Å². The Morgan fingerprint density at radius 3 is 2.38 bits per heavy atom. The Morgan fingerprint density at radius 1 is 1.05 bits per heavy atom. The summed E-state index contributed by atoms with van der Waals surface area (Å²) < 4.78 is 2.26. The van der Waals surface area contributed by atoms with Gasteiger partial charge in [0.1, 0.15) is 0 Å². The summed E-state index contributed by atoms with van der Waals surface area (Å²) >= 11 is 7.25. The van der Waals surface area contributed by atoms with Crippen molar-refractivity contribution < 1.29 is 0 Å². The lowest BCUT2D eigenvalue weighted by Crippen LogP contribution is -2.19. The van der Waals surface area contributed by atoms with E-state index in [2.05, 4.69) is 80.2 Å². The van der Waals surface area contributed by atoms with E-state index >= 15 is 0 Å². The van der Waals surface area contributed by atoms with Crippen LogP contribution in [0.15, 0.2) is 51.4 Å². The fraction of sp³-hybridized carbons (Fsp3) is 0.294. The van der Waals surface area contributed by atoms with Crippen molar-refractivity contribution in [2.45, 2.75) is 25.9 Å². The first-order valence-electron chi connectivity index (χ1n) is 6.96.